The Morgan fingerprint density at radius 3 is 2.84 bits per heavy atom. The first-order valence-electron chi connectivity index (χ1n) is 5.59. The minimum atomic E-state index is -0.112. The van der Waals surface area contributed by atoms with Crippen LogP contribution in [0.1, 0.15) is 10.4 Å². The molecule has 0 aliphatic carbocycles. The van der Waals surface area contributed by atoms with Gasteiger partial charge >= 0.3 is 0 Å². The Bertz CT molecular complexity index is 586. The number of aromatic nitrogens is 1. The van der Waals surface area contributed by atoms with Gasteiger partial charge in [-0.05, 0) is 34.1 Å². The van der Waals surface area contributed by atoms with E-state index < -0.39 is 0 Å². The number of methoxy groups -OCH3 is 1. The van der Waals surface area contributed by atoms with Gasteiger partial charge in [0.25, 0.3) is 0 Å². The highest BCUT2D eigenvalue weighted by Gasteiger charge is 2.08. The molecule has 0 N–H and O–H groups in total. The monoisotopic (exact) mass is 321 g/mol. The average Bonchev–Trinajstić information content (AvgIpc) is 2.45. The fourth-order valence-electron chi connectivity index (χ4n) is 1.50. The fraction of sp³-hybridized carbons (Fsp3) is 0.143. The van der Waals surface area contributed by atoms with Crippen LogP contribution in [0.25, 0.3) is 0 Å². The molecule has 19 heavy (non-hydrogen) atoms. The summed E-state index contributed by atoms with van der Waals surface area (Å²) in [5.41, 5.74) is 0.558. The van der Waals surface area contributed by atoms with Crippen LogP contribution in [0.5, 0.6) is 11.5 Å². The van der Waals surface area contributed by atoms with Crippen LogP contribution in [0.4, 0.5) is 0 Å². The van der Waals surface area contributed by atoms with Crippen LogP contribution in [0.3, 0.4) is 0 Å². The second kappa shape index (κ2) is 6.33. The first kappa shape index (κ1) is 13.5. The number of carbonyl (C=O) groups is 1. The van der Waals surface area contributed by atoms with Gasteiger partial charge in [-0.15, -0.1) is 0 Å². The van der Waals surface area contributed by atoms with Gasteiger partial charge in [-0.3, -0.25) is 9.78 Å². The Morgan fingerprint density at radius 2 is 2.11 bits per heavy atom. The summed E-state index contributed by atoms with van der Waals surface area (Å²) in [6, 6.07) is 8.73. The first-order valence-corrected chi connectivity index (χ1v) is 6.39. The molecule has 98 valence electrons. The first-order chi connectivity index (χ1) is 9.19. The average molecular weight is 322 g/mol. The summed E-state index contributed by atoms with van der Waals surface area (Å²) in [5.74, 6) is 1.08. The molecule has 2 rings (SSSR count). The van der Waals surface area contributed by atoms with Crippen molar-refractivity contribution in [3.8, 4) is 11.5 Å². The molecule has 0 amide bonds. The lowest BCUT2D eigenvalue weighted by molar-refractivity contribution is 0.0921. The van der Waals surface area contributed by atoms with Crippen molar-refractivity contribution in [3.63, 3.8) is 0 Å². The van der Waals surface area contributed by atoms with Gasteiger partial charge in [0.2, 0.25) is 0 Å². The number of Topliss-reactive ketones (excluding diaryl/α,β-unsaturated/α-hetero) is 1. The van der Waals surface area contributed by atoms with Gasteiger partial charge in [0.15, 0.2) is 12.4 Å². The van der Waals surface area contributed by atoms with Crippen LogP contribution in [-0.4, -0.2) is 24.5 Å². The molecule has 1 heterocycles. The van der Waals surface area contributed by atoms with Crippen molar-refractivity contribution in [1.82, 2.24) is 4.98 Å². The van der Waals surface area contributed by atoms with Crippen molar-refractivity contribution in [2.45, 2.75) is 0 Å². The van der Waals surface area contributed by atoms with Gasteiger partial charge in [0.05, 0.1) is 13.3 Å². The van der Waals surface area contributed by atoms with Crippen LogP contribution < -0.4 is 9.47 Å². The summed E-state index contributed by atoms with van der Waals surface area (Å²) in [7, 11) is 1.56. The van der Waals surface area contributed by atoms with Crippen LogP contribution >= 0.6 is 15.9 Å². The molecule has 0 saturated heterocycles. The number of benzene rings is 1. The van der Waals surface area contributed by atoms with Crippen LogP contribution in [0.2, 0.25) is 0 Å². The van der Waals surface area contributed by atoms with Crippen LogP contribution in [-0.2, 0) is 0 Å². The van der Waals surface area contributed by atoms with Crippen LogP contribution in [0.15, 0.2) is 47.2 Å². The zero-order valence-corrected chi connectivity index (χ0v) is 11.9. The zero-order chi connectivity index (χ0) is 13.7. The quantitative estimate of drug-likeness (QED) is 0.794. The van der Waals surface area contributed by atoms with Gasteiger partial charge in [-0.25, -0.2) is 0 Å². The molecule has 0 aliphatic heterocycles. The smallest absolute Gasteiger partial charge is 0.200 e. The van der Waals surface area contributed by atoms with Crippen molar-refractivity contribution in [3.05, 3.63) is 52.8 Å². The lowest BCUT2D eigenvalue weighted by Gasteiger charge is -2.06. The minimum absolute atomic E-state index is 0.0364. The van der Waals surface area contributed by atoms with Crippen molar-refractivity contribution in [2.75, 3.05) is 13.7 Å². The van der Waals surface area contributed by atoms with Crippen molar-refractivity contribution >= 4 is 21.7 Å². The summed E-state index contributed by atoms with van der Waals surface area (Å²) >= 11 is 3.29. The number of halogens is 1. The van der Waals surface area contributed by atoms with E-state index in [9.17, 15) is 4.79 Å². The highest BCUT2D eigenvalue weighted by molar-refractivity contribution is 9.10. The van der Waals surface area contributed by atoms with E-state index in [2.05, 4.69) is 20.9 Å². The Balaban J connectivity index is 2.01. The fourth-order valence-corrected chi connectivity index (χ4v) is 1.84. The van der Waals surface area contributed by atoms with Gasteiger partial charge < -0.3 is 9.47 Å². The summed E-state index contributed by atoms with van der Waals surface area (Å²) < 4.78 is 11.3. The maximum absolute atomic E-state index is 12.0. The van der Waals surface area contributed by atoms with E-state index >= 15 is 0 Å². The molecule has 4 nitrogen and oxygen atoms in total. The molecule has 0 unspecified atom stereocenters. The Morgan fingerprint density at radius 1 is 1.26 bits per heavy atom. The Labute approximate surface area is 119 Å². The minimum Gasteiger partial charge on any atom is -0.497 e. The predicted octanol–water partition coefficient (Wildman–Crippen LogP) is 3.11. The Hall–Kier alpha value is -1.88. The molecule has 5 heteroatoms. The number of carbonyl (C=O) groups excluding carboxylic acids is 1. The highest BCUT2D eigenvalue weighted by atomic mass is 79.9. The van der Waals surface area contributed by atoms with E-state index in [0.29, 0.717) is 17.1 Å². The van der Waals surface area contributed by atoms with Gasteiger partial charge in [-0.1, -0.05) is 12.1 Å². The number of ether oxygens (including phenoxy) is 2. The normalized spacial score (nSPS) is 10.0. The maximum Gasteiger partial charge on any atom is 0.200 e. The lowest BCUT2D eigenvalue weighted by atomic mass is 10.1. The molecule has 0 aliphatic rings. The van der Waals surface area contributed by atoms with E-state index in [-0.39, 0.29) is 12.4 Å². The molecule has 2 aromatic rings. The van der Waals surface area contributed by atoms with Gasteiger partial charge in [-0.2, -0.15) is 0 Å². The van der Waals surface area contributed by atoms with Crippen molar-refractivity contribution in [2.24, 2.45) is 0 Å². The third-order valence-corrected chi connectivity index (χ3v) is 2.88. The summed E-state index contributed by atoms with van der Waals surface area (Å²) in [4.78, 5) is 15.9. The molecule has 0 fully saturated rings. The van der Waals surface area contributed by atoms with E-state index in [0.717, 1.165) is 4.47 Å². The van der Waals surface area contributed by atoms with Crippen molar-refractivity contribution < 1.29 is 14.3 Å². The summed E-state index contributed by atoms with van der Waals surface area (Å²) in [5, 5.41) is 0. The number of hydrogen-bond acceptors (Lipinski definition) is 4. The molecular formula is C14H12BrNO3. The molecular weight excluding hydrogens is 310 g/mol. The van der Waals surface area contributed by atoms with Gasteiger partial charge in [0.1, 0.15) is 11.5 Å². The molecule has 1 aromatic carbocycles. The summed E-state index contributed by atoms with van der Waals surface area (Å²) in [6.45, 7) is -0.0364. The molecule has 1 aromatic heterocycles. The van der Waals surface area contributed by atoms with E-state index in [4.69, 9.17) is 9.47 Å². The van der Waals surface area contributed by atoms with E-state index in [1.165, 1.54) is 0 Å². The third kappa shape index (κ3) is 3.79. The maximum atomic E-state index is 12.0. The number of pyridine rings is 1. The second-order valence-corrected chi connectivity index (χ2v) is 4.70. The zero-order valence-electron chi connectivity index (χ0n) is 10.3. The lowest BCUT2D eigenvalue weighted by Crippen LogP contribution is -2.11. The van der Waals surface area contributed by atoms with E-state index in [1.54, 1.807) is 49.8 Å². The molecule has 0 atom stereocenters. The number of hydrogen-bond donors (Lipinski definition) is 0. The van der Waals surface area contributed by atoms with Crippen molar-refractivity contribution in [1.29, 1.82) is 0 Å². The number of rotatable bonds is 5. The second-order valence-electron chi connectivity index (χ2n) is 3.78. The molecule has 0 radical (unpaired) electrons. The highest BCUT2D eigenvalue weighted by Crippen LogP contribution is 2.17. The summed E-state index contributed by atoms with van der Waals surface area (Å²) in [6.07, 6.45) is 3.21. The van der Waals surface area contributed by atoms with Gasteiger partial charge in [0, 0.05) is 16.2 Å². The topological polar surface area (TPSA) is 48.4 Å². The molecule has 0 spiro atoms. The SMILES string of the molecule is COc1cccc(C(=O)COc2cncc(Br)c2)c1. The predicted molar refractivity (Wildman–Crippen MR) is 74.8 cm³/mol. The standard InChI is InChI=1S/C14H12BrNO3/c1-18-12-4-2-3-10(5-12)14(17)9-19-13-6-11(15)7-16-8-13/h2-8H,9H2,1H3. The van der Waals surface area contributed by atoms with Crippen LogP contribution in [0, 0.1) is 0 Å². The molecule has 0 saturated carbocycles. The Kier molecular flexibility index (Phi) is 4.52. The number of nitrogens with zero attached hydrogens (tertiary/aromatic N) is 1. The largest absolute Gasteiger partial charge is 0.497 e. The molecule has 0 bridgehead atoms. The van der Waals surface area contributed by atoms with E-state index in [1.807, 2.05) is 0 Å². The third-order valence-electron chi connectivity index (χ3n) is 2.44. The number of ketones is 1.